The SMILES string of the molecule is CCOc1cc(C=Nn2c(-c3ccccc3)nc3ccccc3c2=O)ccc1OCC(=O)Nc1ccc(F)cc1. The fourth-order valence-electron chi connectivity index (χ4n) is 4.00. The predicted octanol–water partition coefficient (Wildman–Crippen LogP) is 5.50. The topological polar surface area (TPSA) is 94.8 Å². The summed E-state index contributed by atoms with van der Waals surface area (Å²) in [7, 11) is 0. The summed E-state index contributed by atoms with van der Waals surface area (Å²) in [6, 6.07) is 27.1. The van der Waals surface area contributed by atoms with Crippen molar-refractivity contribution in [3.63, 3.8) is 0 Å². The highest BCUT2D eigenvalue weighted by Crippen LogP contribution is 2.28. The van der Waals surface area contributed by atoms with Crippen LogP contribution >= 0.6 is 0 Å². The van der Waals surface area contributed by atoms with E-state index in [0.717, 1.165) is 5.56 Å². The van der Waals surface area contributed by atoms with Crippen LogP contribution in [0.4, 0.5) is 10.1 Å². The Kier molecular flexibility index (Phi) is 7.92. The van der Waals surface area contributed by atoms with E-state index in [0.29, 0.717) is 46.1 Å². The fourth-order valence-corrected chi connectivity index (χ4v) is 4.00. The van der Waals surface area contributed by atoms with Crippen molar-refractivity contribution in [3.8, 4) is 22.9 Å². The Hall–Kier alpha value is -5.31. The number of carbonyl (C=O) groups excluding carboxylic acids is 1. The summed E-state index contributed by atoms with van der Waals surface area (Å²) in [4.78, 5) is 30.4. The molecule has 0 unspecified atom stereocenters. The van der Waals surface area contributed by atoms with Gasteiger partial charge in [-0.25, -0.2) is 9.37 Å². The smallest absolute Gasteiger partial charge is 0.282 e. The quantitative estimate of drug-likeness (QED) is 0.251. The second kappa shape index (κ2) is 12.0. The maximum absolute atomic E-state index is 13.4. The number of rotatable bonds is 9. The zero-order valence-electron chi connectivity index (χ0n) is 21.6. The molecule has 0 aliphatic rings. The van der Waals surface area contributed by atoms with Gasteiger partial charge >= 0.3 is 0 Å². The zero-order chi connectivity index (χ0) is 27.9. The van der Waals surface area contributed by atoms with Crippen molar-refractivity contribution in [2.24, 2.45) is 5.10 Å². The molecular weight excluding hydrogens is 511 g/mol. The number of nitrogens with zero attached hydrogens (tertiary/aromatic N) is 3. The normalized spacial score (nSPS) is 11.1. The molecule has 1 heterocycles. The lowest BCUT2D eigenvalue weighted by atomic mass is 10.2. The van der Waals surface area contributed by atoms with Gasteiger partial charge in [0.15, 0.2) is 23.9 Å². The second-order valence-electron chi connectivity index (χ2n) is 8.66. The van der Waals surface area contributed by atoms with Crippen molar-refractivity contribution in [3.05, 3.63) is 119 Å². The molecule has 4 aromatic carbocycles. The molecule has 0 bridgehead atoms. The molecule has 0 atom stereocenters. The molecule has 5 aromatic rings. The highest BCUT2D eigenvalue weighted by atomic mass is 19.1. The van der Waals surface area contributed by atoms with E-state index >= 15 is 0 Å². The van der Waals surface area contributed by atoms with Crippen molar-refractivity contribution >= 4 is 28.7 Å². The van der Waals surface area contributed by atoms with Crippen LogP contribution in [-0.2, 0) is 4.79 Å². The maximum Gasteiger partial charge on any atom is 0.282 e. The molecule has 0 spiro atoms. The number of aromatic nitrogens is 2. The van der Waals surface area contributed by atoms with Gasteiger partial charge in [0.25, 0.3) is 11.5 Å². The average Bonchev–Trinajstić information content (AvgIpc) is 2.98. The zero-order valence-corrected chi connectivity index (χ0v) is 21.6. The van der Waals surface area contributed by atoms with Crippen LogP contribution in [0, 0.1) is 5.82 Å². The lowest BCUT2D eigenvalue weighted by molar-refractivity contribution is -0.118. The van der Waals surface area contributed by atoms with E-state index in [-0.39, 0.29) is 12.2 Å². The monoisotopic (exact) mass is 536 g/mol. The summed E-state index contributed by atoms with van der Waals surface area (Å²) in [5.74, 6) is 0.391. The Morgan fingerprint density at radius 1 is 0.950 bits per heavy atom. The van der Waals surface area contributed by atoms with Crippen LogP contribution in [0.1, 0.15) is 12.5 Å². The average molecular weight is 537 g/mol. The molecule has 8 nitrogen and oxygen atoms in total. The molecule has 200 valence electrons. The van der Waals surface area contributed by atoms with E-state index < -0.39 is 11.7 Å². The summed E-state index contributed by atoms with van der Waals surface area (Å²) >= 11 is 0. The van der Waals surface area contributed by atoms with E-state index in [2.05, 4.69) is 10.4 Å². The Balaban J connectivity index is 1.40. The van der Waals surface area contributed by atoms with Gasteiger partial charge in [0.05, 0.1) is 23.7 Å². The van der Waals surface area contributed by atoms with E-state index in [4.69, 9.17) is 14.5 Å². The summed E-state index contributed by atoms with van der Waals surface area (Å²) in [5.41, 5.74) is 2.14. The standard InChI is InChI=1S/C31H25FN4O4/c1-2-39-28-18-21(12-17-27(28)40-20-29(37)34-24-15-13-23(32)14-16-24)19-33-36-30(22-8-4-3-5-9-22)35-26-11-7-6-10-25(26)31(36)38/h3-19H,2,20H2,1H3,(H,34,37). The van der Waals surface area contributed by atoms with Gasteiger partial charge in [-0.3, -0.25) is 9.59 Å². The molecule has 0 saturated heterocycles. The molecule has 9 heteroatoms. The summed E-state index contributed by atoms with van der Waals surface area (Å²) in [6.45, 7) is 1.92. The molecule has 0 aliphatic heterocycles. The first-order chi connectivity index (χ1) is 19.5. The molecular formula is C31H25FN4O4. The Morgan fingerprint density at radius 3 is 2.48 bits per heavy atom. The summed E-state index contributed by atoms with van der Waals surface area (Å²) in [5, 5.41) is 7.59. The third-order valence-corrected chi connectivity index (χ3v) is 5.86. The lowest BCUT2D eigenvalue weighted by Crippen LogP contribution is -2.20. The van der Waals surface area contributed by atoms with Gasteiger partial charge in [0, 0.05) is 11.3 Å². The van der Waals surface area contributed by atoms with Crippen molar-refractivity contribution < 1.29 is 18.7 Å². The number of hydrogen-bond donors (Lipinski definition) is 1. The number of anilines is 1. The van der Waals surface area contributed by atoms with Gasteiger partial charge < -0.3 is 14.8 Å². The van der Waals surface area contributed by atoms with Crippen molar-refractivity contribution in [2.45, 2.75) is 6.92 Å². The number of amides is 1. The third-order valence-electron chi connectivity index (χ3n) is 5.86. The highest BCUT2D eigenvalue weighted by Gasteiger charge is 2.13. The van der Waals surface area contributed by atoms with Gasteiger partial charge in [0.1, 0.15) is 5.82 Å². The molecule has 0 saturated carbocycles. The molecule has 1 aromatic heterocycles. The Morgan fingerprint density at radius 2 is 1.70 bits per heavy atom. The molecule has 0 radical (unpaired) electrons. The second-order valence-corrected chi connectivity index (χ2v) is 8.66. The van der Waals surface area contributed by atoms with Crippen LogP contribution in [0.3, 0.4) is 0 Å². The van der Waals surface area contributed by atoms with Gasteiger partial charge in [0.2, 0.25) is 0 Å². The Bertz CT molecular complexity index is 1740. The molecule has 0 aliphatic carbocycles. The first-order valence-electron chi connectivity index (χ1n) is 12.6. The molecule has 1 N–H and O–H groups in total. The van der Waals surface area contributed by atoms with Crippen LogP contribution in [-0.4, -0.2) is 35.0 Å². The summed E-state index contributed by atoms with van der Waals surface area (Å²) < 4.78 is 25.8. The third kappa shape index (κ3) is 6.05. The van der Waals surface area contributed by atoms with Crippen LogP contribution in [0.15, 0.2) is 107 Å². The lowest BCUT2D eigenvalue weighted by Gasteiger charge is -2.13. The molecule has 5 rings (SSSR count). The summed E-state index contributed by atoms with van der Waals surface area (Å²) in [6.07, 6.45) is 1.54. The van der Waals surface area contributed by atoms with Crippen molar-refractivity contribution in [1.82, 2.24) is 9.66 Å². The number of ether oxygens (including phenoxy) is 2. The van der Waals surface area contributed by atoms with E-state index in [1.54, 1.807) is 36.4 Å². The van der Waals surface area contributed by atoms with Crippen LogP contribution in [0.2, 0.25) is 0 Å². The number of carbonyl (C=O) groups is 1. The number of benzene rings is 4. The minimum atomic E-state index is -0.406. The number of fused-ring (bicyclic) bond motifs is 1. The maximum atomic E-state index is 13.4. The predicted molar refractivity (Wildman–Crippen MR) is 153 cm³/mol. The number of halogens is 1. The first-order valence-corrected chi connectivity index (χ1v) is 12.6. The van der Waals surface area contributed by atoms with Gasteiger partial charge in [-0.1, -0.05) is 42.5 Å². The largest absolute Gasteiger partial charge is 0.490 e. The first kappa shape index (κ1) is 26.3. The van der Waals surface area contributed by atoms with Crippen molar-refractivity contribution in [2.75, 3.05) is 18.5 Å². The number of nitrogens with one attached hydrogen (secondary N) is 1. The minimum Gasteiger partial charge on any atom is -0.490 e. The number of hydrogen-bond acceptors (Lipinski definition) is 6. The van der Waals surface area contributed by atoms with Crippen LogP contribution in [0.5, 0.6) is 11.5 Å². The van der Waals surface area contributed by atoms with E-state index in [1.165, 1.54) is 35.2 Å². The molecule has 0 fully saturated rings. The van der Waals surface area contributed by atoms with Gasteiger partial charge in [-0.2, -0.15) is 9.78 Å². The Labute approximate surface area is 229 Å². The highest BCUT2D eigenvalue weighted by molar-refractivity contribution is 5.92. The van der Waals surface area contributed by atoms with Crippen molar-refractivity contribution in [1.29, 1.82) is 0 Å². The van der Waals surface area contributed by atoms with E-state index in [1.807, 2.05) is 43.3 Å². The van der Waals surface area contributed by atoms with Gasteiger partial charge in [-0.15, -0.1) is 0 Å². The molecule has 40 heavy (non-hydrogen) atoms. The minimum absolute atomic E-state index is 0.274. The van der Waals surface area contributed by atoms with E-state index in [9.17, 15) is 14.0 Å². The number of para-hydroxylation sites is 1. The fraction of sp³-hybridized carbons (Fsp3) is 0.0968. The molecule has 1 amide bonds. The van der Waals surface area contributed by atoms with Gasteiger partial charge in [-0.05, 0) is 67.1 Å². The van der Waals surface area contributed by atoms with Crippen LogP contribution < -0.4 is 20.3 Å². The van der Waals surface area contributed by atoms with Crippen LogP contribution in [0.25, 0.3) is 22.3 Å².